The van der Waals surface area contributed by atoms with E-state index in [2.05, 4.69) is 21.2 Å². The molecule has 2 rings (SSSR count). The zero-order valence-corrected chi connectivity index (χ0v) is 11.7. The summed E-state index contributed by atoms with van der Waals surface area (Å²) < 4.78 is 6.33. The Labute approximate surface area is 115 Å². The molecule has 0 aliphatic carbocycles. The van der Waals surface area contributed by atoms with Crippen molar-refractivity contribution >= 4 is 33.2 Å². The minimum atomic E-state index is -0.0152. The molecular formula is C13H17BrN2O2. The zero-order valence-electron chi connectivity index (χ0n) is 10.1. The van der Waals surface area contributed by atoms with Crippen LogP contribution < -0.4 is 11.1 Å². The van der Waals surface area contributed by atoms with Gasteiger partial charge in [0.05, 0.1) is 12.5 Å². The smallest absolute Gasteiger partial charge is 0.226 e. The molecule has 0 saturated carbocycles. The van der Waals surface area contributed by atoms with Gasteiger partial charge < -0.3 is 15.8 Å². The van der Waals surface area contributed by atoms with Gasteiger partial charge in [0.25, 0.3) is 0 Å². The summed E-state index contributed by atoms with van der Waals surface area (Å²) in [6.45, 7) is 0.769. The standard InChI is InChI=1S/C13H17BrN2O2/c14-11-7-9(4-5-12(11)15)16-13(17)8-10-3-1-2-6-18-10/h4-5,7,10H,1-3,6,8,15H2,(H,16,17). The Balaban J connectivity index is 1.88. The molecule has 1 atom stereocenters. The molecule has 1 unspecified atom stereocenters. The van der Waals surface area contributed by atoms with Crippen LogP contribution in [-0.4, -0.2) is 18.6 Å². The van der Waals surface area contributed by atoms with Gasteiger partial charge in [-0.1, -0.05) is 0 Å². The predicted molar refractivity (Wildman–Crippen MR) is 75.4 cm³/mol. The SMILES string of the molecule is Nc1ccc(NC(=O)CC2CCCCO2)cc1Br. The summed E-state index contributed by atoms with van der Waals surface area (Å²) >= 11 is 3.33. The molecule has 0 spiro atoms. The third kappa shape index (κ3) is 3.71. The molecule has 1 aromatic rings. The molecule has 3 N–H and O–H groups in total. The maximum atomic E-state index is 11.8. The van der Waals surface area contributed by atoms with E-state index in [1.807, 2.05) is 0 Å². The number of amides is 1. The van der Waals surface area contributed by atoms with Gasteiger partial charge in [-0.3, -0.25) is 4.79 Å². The highest BCUT2D eigenvalue weighted by atomic mass is 79.9. The summed E-state index contributed by atoms with van der Waals surface area (Å²) in [5, 5.41) is 2.85. The Morgan fingerprint density at radius 2 is 2.33 bits per heavy atom. The van der Waals surface area contributed by atoms with Crippen molar-refractivity contribution in [3.8, 4) is 0 Å². The average Bonchev–Trinajstić information content (AvgIpc) is 2.35. The Morgan fingerprint density at radius 3 is 3.00 bits per heavy atom. The lowest BCUT2D eigenvalue weighted by molar-refractivity contribution is -0.119. The molecule has 1 saturated heterocycles. The number of carbonyl (C=O) groups excluding carboxylic acids is 1. The van der Waals surface area contributed by atoms with E-state index >= 15 is 0 Å². The molecular weight excluding hydrogens is 296 g/mol. The van der Waals surface area contributed by atoms with Crippen LogP contribution in [0.1, 0.15) is 25.7 Å². The molecule has 1 aliphatic heterocycles. The number of rotatable bonds is 3. The fraction of sp³-hybridized carbons (Fsp3) is 0.462. The molecule has 4 nitrogen and oxygen atoms in total. The van der Waals surface area contributed by atoms with E-state index < -0.39 is 0 Å². The summed E-state index contributed by atoms with van der Waals surface area (Å²) in [4.78, 5) is 11.8. The molecule has 1 aromatic carbocycles. The van der Waals surface area contributed by atoms with Gasteiger partial charge in [-0.25, -0.2) is 0 Å². The predicted octanol–water partition coefficient (Wildman–Crippen LogP) is 2.93. The van der Waals surface area contributed by atoms with Crippen molar-refractivity contribution in [2.75, 3.05) is 17.7 Å². The minimum absolute atomic E-state index is 0.0152. The fourth-order valence-electron chi connectivity index (χ4n) is 1.99. The quantitative estimate of drug-likeness (QED) is 0.843. The number of hydrogen-bond acceptors (Lipinski definition) is 3. The van der Waals surface area contributed by atoms with Crippen LogP contribution in [0.5, 0.6) is 0 Å². The monoisotopic (exact) mass is 312 g/mol. The van der Waals surface area contributed by atoms with E-state index in [0.717, 1.165) is 36.0 Å². The van der Waals surface area contributed by atoms with Crippen molar-refractivity contribution in [3.63, 3.8) is 0 Å². The second-order valence-corrected chi connectivity index (χ2v) is 5.33. The summed E-state index contributed by atoms with van der Waals surface area (Å²) in [7, 11) is 0. The van der Waals surface area contributed by atoms with Crippen LogP contribution in [0.2, 0.25) is 0 Å². The normalized spacial score (nSPS) is 19.5. The average molecular weight is 313 g/mol. The summed E-state index contributed by atoms with van der Waals surface area (Å²) in [6, 6.07) is 5.35. The molecule has 0 bridgehead atoms. The van der Waals surface area contributed by atoms with E-state index in [-0.39, 0.29) is 12.0 Å². The fourth-order valence-corrected chi connectivity index (χ4v) is 2.37. The Kier molecular flexibility index (Phi) is 4.60. The summed E-state index contributed by atoms with van der Waals surface area (Å²) in [5.74, 6) is -0.0152. The van der Waals surface area contributed by atoms with Crippen LogP contribution in [0.3, 0.4) is 0 Å². The third-order valence-corrected chi connectivity index (χ3v) is 3.66. The van der Waals surface area contributed by atoms with E-state index in [9.17, 15) is 4.79 Å². The van der Waals surface area contributed by atoms with Crippen LogP contribution in [0.4, 0.5) is 11.4 Å². The molecule has 0 aromatic heterocycles. The van der Waals surface area contributed by atoms with E-state index in [4.69, 9.17) is 10.5 Å². The van der Waals surface area contributed by atoms with E-state index in [0.29, 0.717) is 12.1 Å². The maximum absolute atomic E-state index is 11.8. The first-order valence-electron chi connectivity index (χ1n) is 6.11. The molecule has 1 fully saturated rings. The number of carbonyl (C=O) groups is 1. The molecule has 1 heterocycles. The number of anilines is 2. The molecule has 0 radical (unpaired) electrons. The second-order valence-electron chi connectivity index (χ2n) is 4.48. The third-order valence-electron chi connectivity index (χ3n) is 2.97. The molecule has 1 aliphatic rings. The van der Waals surface area contributed by atoms with Gasteiger partial charge in [0, 0.05) is 22.5 Å². The lowest BCUT2D eigenvalue weighted by atomic mass is 10.1. The number of nitrogens with two attached hydrogens (primary N) is 1. The van der Waals surface area contributed by atoms with Crippen molar-refractivity contribution in [2.45, 2.75) is 31.8 Å². The number of nitrogens with one attached hydrogen (secondary N) is 1. The van der Waals surface area contributed by atoms with E-state index in [1.165, 1.54) is 0 Å². The van der Waals surface area contributed by atoms with Crippen LogP contribution in [-0.2, 0) is 9.53 Å². The number of nitrogen functional groups attached to an aromatic ring is 1. The zero-order chi connectivity index (χ0) is 13.0. The molecule has 5 heteroatoms. The minimum Gasteiger partial charge on any atom is -0.398 e. The lowest BCUT2D eigenvalue weighted by Gasteiger charge is -2.21. The first-order chi connectivity index (χ1) is 8.65. The first-order valence-corrected chi connectivity index (χ1v) is 6.91. The Bertz CT molecular complexity index is 431. The van der Waals surface area contributed by atoms with Gasteiger partial charge in [-0.05, 0) is 53.4 Å². The van der Waals surface area contributed by atoms with Gasteiger partial charge in [0.2, 0.25) is 5.91 Å². The Hall–Kier alpha value is -1.07. The highest BCUT2D eigenvalue weighted by Gasteiger charge is 2.17. The number of benzene rings is 1. The van der Waals surface area contributed by atoms with Crippen molar-refractivity contribution in [1.29, 1.82) is 0 Å². The highest BCUT2D eigenvalue weighted by Crippen LogP contribution is 2.23. The van der Waals surface area contributed by atoms with E-state index in [1.54, 1.807) is 18.2 Å². The van der Waals surface area contributed by atoms with Crippen LogP contribution >= 0.6 is 15.9 Å². The van der Waals surface area contributed by atoms with Gasteiger partial charge >= 0.3 is 0 Å². The number of halogens is 1. The summed E-state index contributed by atoms with van der Waals surface area (Å²) in [5.41, 5.74) is 7.09. The van der Waals surface area contributed by atoms with Gasteiger partial charge in [-0.15, -0.1) is 0 Å². The largest absolute Gasteiger partial charge is 0.398 e. The number of ether oxygens (including phenoxy) is 1. The topological polar surface area (TPSA) is 64.3 Å². The molecule has 98 valence electrons. The van der Waals surface area contributed by atoms with Gasteiger partial charge in [0.1, 0.15) is 0 Å². The first kappa shape index (κ1) is 13.4. The Morgan fingerprint density at radius 1 is 1.50 bits per heavy atom. The highest BCUT2D eigenvalue weighted by molar-refractivity contribution is 9.10. The van der Waals surface area contributed by atoms with Gasteiger partial charge in [-0.2, -0.15) is 0 Å². The molecule has 1 amide bonds. The van der Waals surface area contributed by atoms with Crippen LogP contribution in [0.25, 0.3) is 0 Å². The molecule has 18 heavy (non-hydrogen) atoms. The number of hydrogen-bond donors (Lipinski definition) is 2. The van der Waals surface area contributed by atoms with Crippen molar-refractivity contribution in [3.05, 3.63) is 22.7 Å². The van der Waals surface area contributed by atoms with Crippen molar-refractivity contribution < 1.29 is 9.53 Å². The second kappa shape index (κ2) is 6.20. The van der Waals surface area contributed by atoms with Crippen LogP contribution in [0, 0.1) is 0 Å². The van der Waals surface area contributed by atoms with Crippen LogP contribution in [0.15, 0.2) is 22.7 Å². The van der Waals surface area contributed by atoms with Gasteiger partial charge in [0.15, 0.2) is 0 Å². The van der Waals surface area contributed by atoms with Crippen molar-refractivity contribution in [1.82, 2.24) is 0 Å². The lowest BCUT2D eigenvalue weighted by Crippen LogP contribution is -2.25. The maximum Gasteiger partial charge on any atom is 0.226 e. The van der Waals surface area contributed by atoms with Crippen molar-refractivity contribution in [2.24, 2.45) is 0 Å². The summed E-state index contributed by atoms with van der Waals surface area (Å²) in [6.07, 6.45) is 3.70.